The van der Waals surface area contributed by atoms with Gasteiger partial charge in [-0.3, -0.25) is 9.69 Å². The monoisotopic (exact) mass is 311 g/mol. The smallest absolute Gasteiger partial charge is 0.241 e. The van der Waals surface area contributed by atoms with Crippen molar-refractivity contribution >= 4 is 21.6 Å². The molecule has 1 fully saturated rings. The molecule has 1 saturated heterocycles. The average Bonchev–Trinajstić information content (AvgIpc) is 2.41. The first kappa shape index (κ1) is 15.9. The SMILES string of the molecule is CC(=O)Nc1ccc(S(=O)(=O)NC2CCCCN2C)cc1. The van der Waals surface area contributed by atoms with Gasteiger partial charge in [0.15, 0.2) is 0 Å². The maximum Gasteiger partial charge on any atom is 0.241 e. The Hall–Kier alpha value is -1.44. The molecule has 0 saturated carbocycles. The summed E-state index contributed by atoms with van der Waals surface area (Å²) in [5.41, 5.74) is 0.580. The number of carbonyl (C=O) groups is 1. The van der Waals surface area contributed by atoms with Crippen molar-refractivity contribution in [3.63, 3.8) is 0 Å². The first-order valence-electron chi connectivity index (χ1n) is 6.99. The summed E-state index contributed by atoms with van der Waals surface area (Å²) in [6, 6.07) is 6.16. The van der Waals surface area contributed by atoms with Crippen LogP contribution in [-0.2, 0) is 14.8 Å². The Morgan fingerprint density at radius 2 is 1.90 bits per heavy atom. The van der Waals surface area contributed by atoms with Gasteiger partial charge in [-0.25, -0.2) is 8.42 Å². The van der Waals surface area contributed by atoms with E-state index in [1.54, 1.807) is 12.1 Å². The Balaban J connectivity index is 2.10. The van der Waals surface area contributed by atoms with Gasteiger partial charge in [0.25, 0.3) is 0 Å². The molecular formula is C14H21N3O3S. The molecule has 1 aliphatic heterocycles. The Kier molecular flexibility index (Phi) is 4.97. The fourth-order valence-electron chi connectivity index (χ4n) is 2.39. The van der Waals surface area contributed by atoms with Crippen LogP contribution in [-0.4, -0.2) is 39.0 Å². The summed E-state index contributed by atoms with van der Waals surface area (Å²) >= 11 is 0. The van der Waals surface area contributed by atoms with E-state index >= 15 is 0 Å². The molecule has 0 spiro atoms. The van der Waals surface area contributed by atoms with Crippen LogP contribution in [0.15, 0.2) is 29.2 Å². The third-order valence-corrected chi connectivity index (χ3v) is 5.02. The number of hydrogen-bond donors (Lipinski definition) is 2. The number of piperidine rings is 1. The molecule has 0 aliphatic carbocycles. The van der Waals surface area contributed by atoms with Gasteiger partial charge < -0.3 is 5.32 Å². The van der Waals surface area contributed by atoms with Gasteiger partial charge in [-0.1, -0.05) is 0 Å². The minimum absolute atomic E-state index is 0.154. The van der Waals surface area contributed by atoms with Crippen molar-refractivity contribution in [3.8, 4) is 0 Å². The van der Waals surface area contributed by atoms with Crippen LogP contribution in [0.25, 0.3) is 0 Å². The molecule has 1 atom stereocenters. The lowest BCUT2D eigenvalue weighted by Gasteiger charge is -2.32. The fraction of sp³-hybridized carbons (Fsp3) is 0.500. The van der Waals surface area contributed by atoms with E-state index in [4.69, 9.17) is 0 Å². The van der Waals surface area contributed by atoms with Crippen LogP contribution in [0.2, 0.25) is 0 Å². The first-order chi connectivity index (χ1) is 9.88. The lowest BCUT2D eigenvalue weighted by Crippen LogP contribution is -2.48. The molecule has 1 aromatic carbocycles. The highest BCUT2D eigenvalue weighted by Crippen LogP contribution is 2.18. The molecule has 1 aliphatic rings. The zero-order valence-electron chi connectivity index (χ0n) is 12.3. The van der Waals surface area contributed by atoms with Crippen LogP contribution >= 0.6 is 0 Å². The molecule has 0 radical (unpaired) electrons. The maximum atomic E-state index is 12.4. The van der Waals surface area contributed by atoms with E-state index in [1.165, 1.54) is 19.1 Å². The van der Waals surface area contributed by atoms with Gasteiger partial charge in [0.05, 0.1) is 11.1 Å². The van der Waals surface area contributed by atoms with Crippen molar-refractivity contribution < 1.29 is 13.2 Å². The summed E-state index contributed by atoms with van der Waals surface area (Å²) in [4.78, 5) is 13.2. The van der Waals surface area contributed by atoms with Crippen LogP contribution < -0.4 is 10.0 Å². The minimum atomic E-state index is -3.54. The Morgan fingerprint density at radius 1 is 1.24 bits per heavy atom. The highest BCUT2D eigenvalue weighted by molar-refractivity contribution is 7.89. The third-order valence-electron chi connectivity index (χ3n) is 3.55. The van der Waals surface area contributed by atoms with Crippen LogP contribution in [0.4, 0.5) is 5.69 Å². The number of amides is 1. The summed E-state index contributed by atoms with van der Waals surface area (Å²) < 4.78 is 27.4. The standard InChI is InChI=1S/C14H21N3O3S/c1-11(18)15-12-6-8-13(9-7-12)21(19,20)16-14-5-3-4-10-17(14)2/h6-9,14,16H,3-5,10H2,1-2H3,(H,15,18). The largest absolute Gasteiger partial charge is 0.326 e. The quantitative estimate of drug-likeness (QED) is 0.880. The zero-order valence-corrected chi connectivity index (χ0v) is 13.1. The van der Waals surface area contributed by atoms with Crippen LogP contribution in [0, 0.1) is 0 Å². The normalized spacial score (nSPS) is 20.2. The molecular weight excluding hydrogens is 290 g/mol. The summed E-state index contributed by atoms with van der Waals surface area (Å²) in [7, 11) is -1.62. The number of carbonyl (C=O) groups excluding carboxylic acids is 1. The van der Waals surface area contributed by atoms with E-state index in [-0.39, 0.29) is 17.0 Å². The van der Waals surface area contributed by atoms with E-state index in [1.807, 2.05) is 11.9 Å². The molecule has 1 unspecified atom stereocenters. The number of hydrogen-bond acceptors (Lipinski definition) is 4. The molecule has 1 heterocycles. The van der Waals surface area contributed by atoms with Gasteiger partial charge >= 0.3 is 0 Å². The average molecular weight is 311 g/mol. The topological polar surface area (TPSA) is 78.5 Å². The second-order valence-corrected chi connectivity index (χ2v) is 7.03. The van der Waals surface area contributed by atoms with Crippen molar-refractivity contribution in [3.05, 3.63) is 24.3 Å². The van der Waals surface area contributed by atoms with Gasteiger partial charge in [-0.2, -0.15) is 4.72 Å². The predicted octanol–water partition coefficient (Wildman–Crippen LogP) is 1.37. The fourth-order valence-corrected chi connectivity index (χ4v) is 3.68. The van der Waals surface area contributed by atoms with Crippen molar-refractivity contribution in [1.82, 2.24) is 9.62 Å². The van der Waals surface area contributed by atoms with E-state index in [0.29, 0.717) is 5.69 Å². The number of nitrogens with zero attached hydrogens (tertiary/aromatic N) is 1. The molecule has 116 valence electrons. The number of sulfonamides is 1. The molecule has 2 rings (SSSR count). The molecule has 0 aromatic heterocycles. The molecule has 7 heteroatoms. The number of likely N-dealkylation sites (tertiary alicyclic amines) is 1. The minimum Gasteiger partial charge on any atom is -0.326 e. The number of anilines is 1. The number of rotatable bonds is 4. The summed E-state index contributed by atoms with van der Waals surface area (Å²) in [6.07, 6.45) is 2.79. The summed E-state index contributed by atoms with van der Waals surface area (Å²) in [5.74, 6) is -0.187. The molecule has 6 nitrogen and oxygen atoms in total. The van der Waals surface area contributed by atoms with Crippen molar-refractivity contribution in [2.75, 3.05) is 18.9 Å². The van der Waals surface area contributed by atoms with Gasteiger partial charge in [0.2, 0.25) is 15.9 Å². The van der Waals surface area contributed by atoms with Crippen LogP contribution in [0.3, 0.4) is 0 Å². The van der Waals surface area contributed by atoms with E-state index < -0.39 is 10.0 Å². The van der Waals surface area contributed by atoms with Crippen molar-refractivity contribution in [2.24, 2.45) is 0 Å². The van der Waals surface area contributed by atoms with Gasteiger partial charge in [-0.15, -0.1) is 0 Å². The van der Waals surface area contributed by atoms with Crippen LogP contribution in [0.1, 0.15) is 26.2 Å². The lowest BCUT2D eigenvalue weighted by atomic mass is 10.1. The van der Waals surface area contributed by atoms with Gasteiger partial charge in [0.1, 0.15) is 0 Å². The van der Waals surface area contributed by atoms with Crippen LogP contribution in [0.5, 0.6) is 0 Å². The highest BCUT2D eigenvalue weighted by Gasteiger charge is 2.25. The molecule has 2 N–H and O–H groups in total. The summed E-state index contributed by atoms with van der Waals surface area (Å²) in [6.45, 7) is 2.31. The lowest BCUT2D eigenvalue weighted by molar-refractivity contribution is -0.114. The first-order valence-corrected chi connectivity index (χ1v) is 8.47. The second kappa shape index (κ2) is 6.55. The highest BCUT2D eigenvalue weighted by atomic mass is 32.2. The number of benzene rings is 1. The molecule has 1 amide bonds. The van der Waals surface area contributed by atoms with E-state index in [0.717, 1.165) is 25.8 Å². The molecule has 0 bridgehead atoms. The Bertz CT molecular complexity index is 598. The molecule has 1 aromatic rings. The van der Waals surface area contributed by atoms with Crippen molar-refractivity contribution in [2.45, 2.75) is 37.2 Å². The van der Waals surface area contributed by atoms with E-state index in [9.17, 15) is 13.2 Å². The second-order valence-electron chi connectivity index (χ2n) is 5.32. The van der Waals surface area contributed by atoms with E-state index in [2.05, 4.69) is 10.0 Å². The maximum absolute atomic E-state index is 12.4. The third kappa shape index (κ3) is 4.26. The van der Waals surface area contributed by atoms with Gasteiger partial charge in [0, 0.05) is 12.6 Å². The zero-order chi connectivity index (χ0) is 15.5. The van der Waals surface area contributed by atoms with Crippen molar-refractivity contribution in [1.29, 1.82) is 0 Å². The summed E-state index contributed by atoms with van der Waals surface area (Å²) in [5, 5.41) is 2.61. The number of nitrogens with one attached hydrogen (secondary N) is 2. The predicted molar refractivity (Wildman–Crippen MR) is 81.3 cm³/mol. The molecule has 21 heavy (non-hydrogen) atoms. The Labute approximate surface area is 125 Å². The van der Waals surface area contributed by atoms with Gasteiger partial charge in [-0.05, 0) is 57.1 Å². The Morgan fingerprint density at radius 3 is 2.48 bits per heavy atom.